The summed E-state index contributed by atoms with van der Waals surface area (Å²) in [6, 6.07) is 8.59. The smallest absolute Gasteiger partial charge is 0.379 e. The molecule has 0 amide bonds. The minimum absolute atomic E-state index is 0.0953. The van der Waals surface area contributed by atoms with Crippen LogP contribution in [-0.4, -0.2) is 5.97 Å². The zero-order valence-electron chi connectivity index (χ0n) is 13.6. The Morgan fingerprint density at radius 3 is 2.70 bits per heavy atom. The monoisotopic (exact) mass is 312 g/mol. The lowest BCUT2D eigenvalue weighted by Gasteiger charge is -2.03. The molecule has 2 rings (SSSR count). The highest BCUT2D eigenvalue weighted by atomic mass is 16.5. The second-order valence-electron chi connectivity index (χ2n) is 5.67. The predicted molar refractivity (Wildman–Crippen MR) is 90.5 cm³/mol. The lowest BCUT2D eigenvalue weighted by Crippen LogP contribution is -2.12. The van der Waals surface area contributed by atoms with Gasteiger partial charge in [-0.15, -0.1) is 0 Å². The maximum atomic E-state index is 11.9. The number of rotatable bonds is 5. The van der Waals surface area contributed by atoms with Crippen molar-refractivity contribution >= 4 is 16.9 Å². The molecule has 0 aliphatic heterocycles. The van der Waals surface area contributed by atoms with Crippen molar-refractivity contribution in [3.05, 3.63) is 64.1 Å². The van der Waals surface area contributed by atoms with Crippen molar-refractivity contribution in [2.24, 2.45) is 0 Å². The van der Waals surface area contributed by atoms with Crippen LogP contribution >= 0.6 is 0 Å². The molecule has 0 bridgehead atoms. The van der Waals surface area contributed by atoms with Crippen LogP contribution in [0.15, 0.2) is 62.8 Å². The van der Waals surface area contributed by atoms with Crippen molar-refractivity contribution in [1.82, 2.24) is 0 Å². The average molecular weight is 312 g/mol. The van der Waals surface area contributed by atoms with Crippen molar-refractivity contribution in [3.63, 3.8) is 0 Å². The fraction of sp³-hybridized carbons (Fsp3) is 0.263. The molecule has 2 aromatic rings. The summed E-state index contributed by atoms with van der Waals surface area (Å²) in [7, 11) is 0. The fourth-order valence-electron chi connectivity index (χ4n) is 2.11. The van der Waals surface area contributed by atoms with E-state index in [-0.39, 0.29) is 5.75 Å². The third-order valence-corrected chi connectivity index (χ3v) is 3.28. The molecule has 4 nitrogen and oxygen atoms in total. The van der Waals surface area contributed by atoms with Crippen molar-refractivity contribution in [3.8, 4) is 5.75 Å². The standard InChI is InChI=1S/C19H20O4/c1-13(2)7-6-8-14(3)11-18(20)22-17-12-15-9-4-5-10-16(15)23-19(17)21/h4-5,7,9-12H,6,8H2,1-3H3/b14-11+. The topological polar surface area (TPSA) is 56.5 Å². The van der Waals surface area contributed by atoms with Gasteiger partial charge in [-0.2, -0.15) is 0 Å². The van der Waals surface area contributed by atoms with E-state index < -0.39 is 11.6 Å². The van der Waals surface area contributed by atoms with Crippen LogP contribution in [0.3, 0.4) is 0 Å². The van der Waals surface area contributed by atoms with Crippen LogP contribution in [0.5, 0.6) is 5.75 Å². The highest BCUT2D eigenvalue weighted by Crippen LogP contribution is 2.17. The van der Waals surface area contributed by atoms with Gasteiger partial charge in [0, 0.05) is 11.5 Å². The van der Waals surface area contributed by atoms with Gasteiger partial charge in [0.05, 0.1) is 0 Å². The number of benzene rings is 1. The van der Waals surface area contributed by atoms with E-state index >= 15 is 0 Å². The molecular weight excluding hydrogens is 292 g/mol. The first kappa shape index (κ1) is 16.7. The molecule has 4 heteroatoms. The van der Waals surface area contributed by atoms with Gasteiger partial charge >= 0.3 is 11.6 Å². The number of para-hydroxylation sites is 1. The Morgan fingerprint density at radius 2 is 1.96 bits per heavy atom. The SMILES string of the molecule is CC(C)=CCC/C(C)=C/C(=O)Oc1cc2ccccc2oc1=O. The maximum Gasteiger partial charge on any atom is 0.379 e. The maximum absolute atomic E-state index is 11.9. The Kier molecular flexibility index (Phi) is 5.52. The van der Waals surface area contributed by atoms with Crippen LogP contribution in [-0.2, 0) is 4.79 Å². The Labute approximate surface area is 135 Å². The molecular formula is C19H20O4. The van der Waals surface area contributed by atoms with Crippen LogP contribution in [0.1, 0.15) is 33.6 Å². The van der Waals surface area contributed by atoms with E-state index in [1.165, 1.54) is 17.7 Å². The molecule has 0 unspecified atom stereocenters. The summed E-state index contributed by atoms with van der Waals surface area (Å²) in [6.07, 6.45) is 5.16. The minimum atomic E-state index is -0.660. The van der Waals surface area contributed by atoms with Crippen molar-refractivity contribution < 1.29 is 13.9 Å². The lowest BCUT2D eigenvalue weighted by atomic mass is 10.1. The molecule has 0 spiro atoms. The van der Waals surface area contributed by atoms with Crippen molar-refractivity contribution in [1.29, 1.82) is 0 Å². The van der Waals surface area contributed by atoms with E-state index in [1.807, 2.05) is 26.8 Å². The van der Waals surface area contributed by atoms with E-state index in [4.69, 9.17) is 9.15 Å². The summed E-state index contributed by atoms with van der Waals surface area (Å²) in [4.78, 5) is 23.7. The van der Waals surface area contributed by atoms with E-state index in [0.717, 1.165) is 18.4 Å². The quantitative estimate of drug-likeness (QED) is 0.355. The number of carbonyl (C=O) groups excluding carboxylic acids is 1. The summed E-state index contributed by atoms with van der Waals surface area (Å²) < 4.78 is 10.2. The van der Waals surface area contributed by atoms with E-state index in [2.05, 4.69) is 6.08 Å². The fourth-order valence-corrected chi connectivity index (χ4v) is 2.11. The molecule has 0 atom stereocenters. The number of fused-ring (bicyclic) bond motifs is 1. The van der Waals surface area contributed by atoms with E-state index in [9.17, 15) is 9.59 Å². The summed E-state index contributed by atoms with van der Waals surface area (Å²) in [5.74, 6) is -0.663. The molecule has 0 saturated carbocycles. The second kappa shape index (κ2) is 7.58. The summed E-state index contributed by atoms with van der Waals surface area (Å²) in [5.41, 5.74) is 1.95. The highest BCUT2D eigenvalue weighted by Gasteiger charge is 2.10. The van der Waals surface area contributed by atoms with Crippen LogP contribution in [0.25, 0.3) is 11.0 Å². The van der Waals surface area contributed by atoms with Gasteiger partial charge in [0.25, 0.3) is 0 Å². The third kappa shape index (κ3) is 4.95. The lowest BCUT2D eigenvalue weighted by molar-refractivity contribution is -0.129. The van der Waals surface area contributed by atoms with Gasteiger partial charge in [-0.05, 0) is 45.7 Å². The number of carbonyl (C=O) groups is 1. The van der Waals surface area contributed by atoms with Gasteiger partial charge in [0.2, 0.25) is 5.75 Å². The Hall–Kier alpha value is -2.62. The third-order valence-electron chi connectivity index (χ3n) is 3.28. The molecule has 23 heavy (non-hydrogen) atoms. The first-order valence-corrected chi connectivity index (χ1v) is 7.51. The zero-order valence-corrected chi connectivity index (χ0v) is 13.6. The van der Waals surface area contributed by atoms with E-state index in [1.54, 1.807) is 18.2 Å². The normalized spacial score (nSPS) is 11.3. The Morgan fingerprint density at radius 1 is 1.22 bits per heavy atom. The van der Waals surface area contributed by atoms with Gasteiger partial charge in [0.15, 0.2) is 0 Å². The van der Waals surface area contributed by atoms with Gasteiger partial charge in [-0.3, -0.25) is 0 Å². The summed E-state index contributed by atoms with van der Waals surface area (Å²) in [6.45, 7) is 5.93. The number of ether oxygens (including phenoxy) is 1. The number of hydrogen-bond acceptors (Lipinski definition) is 4. The zero-order chi connectivity index (χ0) is 16.8. The van der Waals surface area contributed by atoms with Crippen molar-refractivity contribution in [2.75, 3.05) is 0 Å². The largest absolute Gasteiger partial charge is 0.420 e. The van der Waals surface area contributed by atoms with Gasteiger partial charge in [-0.25, -0.2) is 9.59 Å². The molecule has 0 saturated heterocycles. The molecule has 1 aromatic carbocycles. The van der Waals surface area contributed by atoms with E-state index in [0.29, 0.717) is 11.0 Å². The van der Waals surface area contributed by atoms with Crippen molar-refractivity contribution in [2.45, 2.75) is 33.6 Å². The van der Waals surface area contributed by atoms with Gasteiger partial charge in [0.1, 0.15) is 5.58 Å². The molecule has 0 radical (unpaired) electrons. The van der Waals surface area contributed by atoms with Crippen LogP contribution in [0.2, 0.25) is 0 Å². The predicted octanol–water partition coefficient (Wildman–Crippen LogP) is 4.39. The van der Waals surface area contributed by atoms with Crippen LogP contribution in [0.4, 0.5) is 0 Å². The first-order chi connectivity index (χ1) is 11.0. The van der Waals surface area contributed by atoms with Crippen LogP contribution in [0, 0.1) is 0 Å². The summed E-state index contributed by atoms with van der Waals surface area (Å²) in [5, 5.41) is 0.708. The number of hydrogen-bond donors (Lipinski definition) is 0. The second-order valence-corrected chi connectivity index (χ2v) is 5.67. The highest BCUT2D eigenvalue weighted by molar-refractivity contribution is 5.85. The Balaban J connectivity index is 2.09. The molecule has 0 fully saturated rings. The minimum Gasteiger partial charge on any atom is -0.420 e. The molecule has 0 N–H and O–H groups in total. The Bertz CT molecular complexity index is 821. The number of allylic oxidation sites excluding steroid dienone is 3. The average Bonchev–Trinajstić information content (AvgIpc) is 2.47. The molecule has 120 valence electrons. The van der Waals surface area contributed by atoms with Gasteiger partial charge in [-0.1, -0.05) is 35.4 Å². The molecule has 0 aliphatic carbocycles. The summed E-state index contributed by atoms with van der Waals surface area (Å²) >= 11 is 0. The molecule has 1 aromatic heterocycles. The molecule has 1 heterocycles. The number of esters is 1. The first-order valence-electron chi connectivity index (χ1n) is 7.51. The molecule has 0 aliphatic rings. The van der Waals surface area contributed by atoms with Crippen LogP contribution < -0.4 is 10.4 Å². The van der Waals surface area contributed by atoms with Gasteiger partial charge < -0.3 is 9.15 Å².